The van der Waals surface area contributed by atoms with Crippen molar-refractivity contribution in [3.63, 3.8) is 0 Å². The Hall–Kier alpha value is -3.56. The van der Waals surface area contributed by atoms with E-state index in [1.165, 1.54) is 11.1 Å². The van der Waals surface area contributed by atoms with Gasteiger partial charge >= 0.3 is 6.09 Å². The molecule has 210 valence electrons. The molecule has 9 nitrogen and oxygen atoms in total. The molecule has 11 heteroatoms. The van der Waals surface area contributed by atoms with E-state index >= 15 is 0 Å². The molecule has 0 bridgehead atoms. The van der Waals surface area contributed by atoms with Gasteiger partial charge < -0.3 is 14.8 Å². The first-order valence-electron chi connectivity index (χ1n) is 13.0. The van der Waals surface area contributed by atoms with Gasteiger partial charge in [-0.2, -0.15) is 4.98 Å². The van der Waals surface area contributed by atoms with Crippen LogP contribution in [0.25, 0.3) is 0 Å². The summed E-state index contributed by atoms with van der Waals surface area (Å²) in [6.07, 6.45) is 1.08. The molecule has 0 aliphatic carbocycles. The molecule has 0 radical (unpaired) electrons. The van der Waals surface area contributed by atoms with E-state index in [1.54, 1.807) is 30.0 Å². The lowest BCUT2D eigenvalue weighted by molar-refractivity contribution is -0.000312. The third kappa shape index (κ3) is 5.15. The van der Waals surface area contributed by atoms with E-state index in [2.05, 4.69) is 15.3 Å². The minimum Gasteiger partial charge on any atom is -0.453 e. The monoisotopic (exact) mass is 583 g/mol. The molecular weight excluding hydrogens is 553 g/mol. The van der Waals surface area contributed by atoms with Crippen molar-refractivity contribution in [2.75, 3.05) is 16.8 Å². The SMILES string of the molecule is CC1Oc2nc(Nc3ccc4c(c3)CCN(C(=O)OC(C)(C)C)C4(C)C)ncc2C(=O)N1c1c(Cl)cccc1Cl. The first-order valence-corrected chi connectivity index (χ1v) is 13.7. The smallest absolute Gasteiger partial charge is 0.411 e. The van der Waals surface area contributed by atoms with Gasteiger partial charge in [0, 0.05) is 18.4 Å². The minimum atomic E-state index is -0.695. The minimum absolute atomic E-state index is 0.168. The Kier molecular flexibility index (Phi) is 7.08. The van der Waals surface area contributed by atoms with E-state index < -0.39 is 17.4 Å². The molecule has 1 N–H and O–H groups in total. The number of nitrogens with one attached hydrogen (secondary N) is 1. The number of rotatable bonds is 3. The second kappa shape index (κ2) is 10.1. The summed E-state index contributed by atoms with van der Waals surface area (Å²) < 4.78 is 11.6. The lowest BCUT2D eigenvalue weighted by Crippen LogP contribution is -2.51. The summed E-state index contributed by atoms with van der Waals surface area (Å²) in [6, 6.07) is 11.0. The van der Waals surface area contributed by atoms with E-state index in [-0.39, 0.29) is 29.4 Å². The van der Waals surface area contributed by atoms with Crippen LogP contribution < -0.4 is 15.0 Å². The molecule has 2 aliphatic heterocycles. The molecule has 0 saturated heterocycles. The Morgan fingerprint density at radius 2 is 1.88 bits per heavy atom. The molecule has 0 fully saturated rings. The van der Waals surface area contributed by atoms with Gasteiger partial charge in [-0.15, -0.1) is 0 Å². The maximum Gasteiger partial charge on any atom is 0.411 e. The predicted octanol–water partition coefficient (Wildman–Crippen LogP) is 6.94. The maximum absolute atomic E-state index is 13.4. The number of halogens is 2. The fourth-order valence-corrected chi connectivity index (χ4v) is 5.65. The summed E-state index contributed by atoms with van der Waals surface area (Å²) >= 11 is 12.7. The van der Waals surface area contributed by atoms with Crippen LogP contribution in [-0.4, -0.2) is 45.2 Å². The average Bonchev–Trinajstić information content (AvgIpc) is 2.84. The van der Waals surface area contributed by atoms with E-state index in [0.717, 1.165) is 16.8 Å². The summed E-state index contributed by atoms with van der Waals surface area (Å²) in [6.45, 7) is 11.9. The Balaban J connectivity index is 1.36. The van der Waals surface area contributed by atoms with Gasteiger partial charge in [-0.25, -0.2) is 9.78 Å². The number of ether oxygens (including phenoxy) is 2. The van der Waals surface area contributed by atoms with Crippen molar-refractivity contribution < 1.29 is 19.1 Å². The van der Waals surface area contributed by atoms with Crippen LogP contribution in [0, 0.1) is 0 Å². The number of carbonyl (C=O) groups excluding carboxylic acids is 2. The van der Waals surface area contributed by atoms with Crippen LogP contribution in [0.5, 0.6) is 5.88 Å². The third-order valence-electron chi connectivity index (χ3n) is 6.94. The van der Waals surface area contributed by atoms with E-state index in [0.29, 0.717) is 28.7 Å². The van der Waals surface area contributed by atoms with Crippen LogP contribution in [-0.2, 0) is 16.7 Å². The molecule has 0 spiro atoms. The van der Waals surface area contributed by atoms with Gasteiger partial charge in [0.2, 0.25) is 11.8 Å². The van der Waals surface area contributed by atoms with Crippen molar-refractivity contribution in [1.29, 1.82) is 0 Å². The molecule has 40 heavy (non-hydrogen) atoms. The number of amides is 2. The molecular formula is C29H31Cl2N5O4. The van der Waals surface area contributed by atoms with Crippen molar-refractivity contribution in [2.45, 2.75) is 65.3 Å². The van der Waals surface area contributed by atoms with E-state index in [1.807, 2.05) is 52.8 Å². The van der Waals surface area contributed by atoms with E-state index in [4.69, 9.17) is 32.7 Å². The Morgan fingerprint density at radius 1 is 1.18 bits per heavy atom. The fraction of sp³-hybridized carbons (Fsp3) is 0.379. The van der Waals surface area contributed by atoms with Gasteiger partial charge in [-0.05, 0) is 83.4 Å². The highest BCUT2D eigenvalue weighted by Gasteiger charge is 2.40. The molecule has 5 rings (SSSR count). The predicted molar refractivity (Wildman–Crippen MR) is 155 cm³/mol. The van der Waals surface area contributed by atoms with Gasteiger partial charge in [0.25, 0.3) is 5.91 Å². The van der Waals surface area contributed by atoms with Gasteiger partial charge in [-0.1, -0.05) is 35.3 Å². The molecule has 2 aromatic carbocycles. The number of aromatic nitrogens is 2. The van der Waals surface area contributed by atoms with Crippen LogP contribution in [0.3, 0.4) is 0 Å². The molecule has 1 atom stereocenters. The summed E-state index contributed by atoms with van der Waals surface area (Å²) in [4.78, 5) is 38.2. The first kappa shape index (κ1) is 28.0. The quantitative estimate of drug-likeness (QED) is 0.356. The Bertz CT molecular complexity index is 1480. The van der Waals surface area contributed by atoms with Gasteiger partial charge in [0.05, 0.1) is 21.3 Å². The second-order valence-electron chi connectivity index (χ2n) is 11.3. The molecule has 3 heterocycles. The van der Waals surface area contributed by atoms with Crippen LogP contribution >= 0.6 is 23.2 Å². The Morgan fingerprint density at radius 3 is 2.55 bits per heavy atom. The van der Waals surface area contributed by atoms with Crippen molar-refractivity contribution in [3.8, 4) is 5.88 Å². The summed E-state index contributed by atoms with van der Waals surface area (Å²) in [5.74, 6) is 0.0933. The fourth-order valence-electron chi connectivity index (χ4n) is 5.07. The van der Waals surface area contributed by atoms with Crippen molar-refractivity contribution in [3.05, 3.63) is 69.3 Å². The highest BCUT2D eigenvalue weighted by atomic mass is 35.5. The summed E-state index contributed by atoms with van der Waals surface area (Å²) in [5.41, 5.74) is 2.40. The van der Waals surface area contributed by atoms with Crippen molar-refractivity contribution in [2.24, 2.45) is 0 Å². The topological polar surface area (TPSA) is 96.9 Å². The normalized spacial score (nSPS) is 18.0. The highest BCUT2D eigenvalue weighted by Crippen LogP contribution is 2.40. The number of para-hydroxylation sites is 1. The third-order valence-corrected chi connectivity index (χ3v) is 7.55. The van der Waals surface area contributed by atoms with Crippen LogP contribution in [0.1, 0.15) is 63.0 Å². The van der Waals surface area contributed by atoms with Crippen molar-refractivity contribution >= 4 is 52.5 Å². The zero-order valence-electron chi connectivity index (χ0n) is 23.2. The maximum atomic E-state index is 13.4. The molecule has 2 amide bonds. The molecule has 0 saturated carbocycles. The zero-order chi connectivity index (χ0) is 29.0. The number of nitrogens with zero attached hydrogens (tertiary/aromatic N) is 4. The lowest BCUT2D eigenvalue weighted by atomic mass is 9.83. The highest BCUT2D eigenvalue weighted by molar-refractivity contribution is 6.40. The number of hydrogen-bond acceptors (Lipinski definition) is 7. The molecule has 3 aromatic rings. The Labute approximate surface area is 243 Å². The lowest BCUT2D eigenvalue weighted by Gasteiger charge is -2.44. The van der Waals surface area contributed by atoms with Crippen LogP contribution in [0.4, 0.5) is 22.1 Å². The largest absolute Gasteiger partial charge is 0.453 e. The van der Waals surface area contributed by atoms with Gasteiger partial charge in [-0.3, -0.25) is 14.6 Å². The number of fused-ring (bicyclic) bond motifs is 2. The number of hydrogen-bond donors (Lipinski definition) is 1. The van der Waals surface area contributed by atoms with Gasteiger partial charge in [0.15, 0.2) is 6.23 Å². The van der Waals surface area contributed by atoms with Crippen molar-refractivity contribution in [1.82, 2.24) is 14.9 Å². The zero-order valence-corrected chi connectivity index (χ0v) is 24.7. The van der Waals surface area contributed by atoms with Gasteiger partial charge in [0.1, 0.15) is 11.2 Å². The number of carbonyl (C=O) groups is 2. The number of anilines is 3. The average molecular weight is 585 g/mol. The first-order chi connectivity index (χ1) is 18.8. The van der Waals surface area contributed by atoms with E-state index in [9.17, 15) is 9.59 Å². The standard InChI is InChI=1S/C29H31Cl2N5O4/c1-16-36(23-21(30)8-7-9-22(23)31)25(37)19-15-32-26(34-24(19)39-16)33-18-10-11-20-17(14-18)12-13-35(29(20,5)6)27(38)40-28(2,3)4/h7-11,14-16H,12-13H2,1-6H3,(H,32,33,34). The summed E-state index contributed by atoms with van der Waals surface area (Å²) in [7, 11) is 0. The van der Waals surface area contributed by atoms with Crippen LogP contribution in [0.2, 0.25) is 10.0 Å². The second-order valence-corrected chi connectivity index (χ2v) is 12.1. The van der Waals surface area contributed by atoms with Crippen LogP contribution in [0.15, 0.2) is 42.6 Å². The number of benzene rings is 2. The molecule has 1 unspecified atom stereocenters. The molecule has 2 aliphatic rings. The summed E-state index contributed by atoms with van der Waals surface area (Å²) in [5, 5.41) is 3.89. The molecule has 1 aromatic heterocycles.